The van der Waals surface area contributed by atoms with E-state index in [1.807, 2.05) is 6.07 Å². The number of ether oxygens (including phenoxy) is 2. The number of methoxy groups -OCH3 is 2. The molecule has 6 heteroatoms. The minimum absolute atomic E-state index is 0.366. The highest BCUT2D eigenvalue weighted by molar-refractivity contribution is 6.03. The van der Waals surface area contributed by atoms with Crippen molar-refractivity contribution in [3.05, 3.63) is 53.6 Å². The molecule has 6 nitrogen and oxygen atoms in total. The summed E-state index contributed by atoms with van der Waals surface area (Å²) in [5.41, 5.74) is 10.4. The maximum absolute atomic E-state index is 12.1. The van der Waals surface area contributed by atoms with Gasteiger partial charge in [-0.2, -0.15) is 5.10 Å². The topological polar surface area (TPSA) is 85.9 Å². The van der Waals surface area contributed by atoms with Gasteiger partial charge >= 0.3 is 0 Å². The minimum Gasteiger partial charge on any atom is -0.497 e. The molecule has 0 radical (unpaired) electrons. The normalized spacial score (nSPS) is 11.0. The predicted octanol–water partition coefficient (Wildman–Crippen LogP) is 2.44. The van der Waals surface area contributed by atoms with Crippen LogP contribution in [0, 0.1) is 0 Å². The summed E-state index contributed by atoms with van der Waals surface area (Å²) in [5, 5.41) is 4.12. The molecule has 0 atom stereocenters. The summed E-state index contributed by atoms with van der Waals surface area (Å²) in [7, 11) is 3.15. The van der Waals surface area contributed by atoms with Crippen LogP contribution in [0.25, 0.3) is 0 Å². The van der Waals surface area contributed by atoms with Crippen LogP contribution in [0.2, 0.25) is 0 Å². The molecule has 0 saturated heterocycles. The highest BCUT2D eigenvalue weighted by Crippen LogP contribution is 2.25. The molecule has 0 aromatic heterocycles. The number of para-hydroxylation sites is 1. The second kappa shape index (κ2) is 7.31. The summed E-state index contributed by atoms with van der Waals surface area (Å²) in [5.74, 6) is 0.925. The van der Waals surface area contributed by atoms with Gasteiger partial charge < -0.3 is 15.2 Å². The van der Waals surface area contributed by atoms with E-state index in [1.54, 1.807) is 57.5 Å². The third-order valence-corrected chi connectivity index (χ3v) is 3.33. The van der Waals surface area contributed by atoms with E-state index in [1.165, 1.54) is 0 Å². The number of rotatable bonds is 5. The summed E-state index contributed by atoms with van der Waals surface area (Å²) >= 11 is 0. The monoisotopic (exact) mass is 313 g/mol. The molecule has 0 unspecified atom stereocenters. The molecule has 3 N–H and O–H groups in total. The number of amides is 1. The standard InChI is InChI=1S/C17H19N3O3/c1-11(13-9-8-12(22-2)10-16(13)23-3)19-20-17(21)14-6-4-5-7-15(14)18/h4-10H,18H2,1-3H3,(H,20,21)/b19-11-. The van der Waals surface area contributed by atoms with Crippen molar-refractivity contribution in [1.82, 2.24) is 5.43 Å². The molecule has 1 amide bonds. The van der Waals surface area contributed by atoms with Gasteiger partial charge in [-0.15, -0.1) is 0 Å². The number of anilines is 1. The second-order valence-electron chi connectivity index (χ2n) is 4.79. The Labute approximate surface area is 134 Å². The Morgan fingerprint density at radius 2 is 1.83 bits per heavy atom. The van der Waals surface area contributed by atoms with E-state index in [-0.39, 0.29) is 5.91 Å². The van der Waals surface area contributed by atoms with Gasteiger partial charge in [-0.25, -0.2) is 5.43 Å². The number of hydrogen-bond donors (Lipinski definition) is 2. The Kier molecular flexibility index (Phi) is 5.19. The zero-order chi connectivity index (χ0) is 16.8. The summed E-state index contributed by atoms with van der Waals surface area (Å²) in [6.07, 6.45) is 0. The molecule has 0 bridgehead atoms. The number of nitrogen functional groups attached to an aromatic ring is 1. The van der Waals surface area contributed by atoms with Crippen molar-refractivity contribution in [3.63, 3.8) is 0 Å². The lowest BCUT2D eigenvalue weighted by molar-refractivity contribution is 0.0955. The van der Waals surface area contributed by atoms with E-state index < -0.39 is 0 Å². The van der Waals surface area contributed by atoms with Crippen molar-refractivity contribution in [2.75, 3.05) is 20.0 Å². The minimum atomic E-state index is -0.366. The van der Waals surface area contributed by atoms with Gasteiger partial charge in [0.1, 0.15) is 11.5 Å². The van der Waals surface area contributed by atoms with Crippen molar-refractivity contribution >= 4 is 17.3 Å². The highest BCUT2D eigenvalue weighted by atomic mass is 16.5. The Morgan fingerprint density at radius 3 is 2.48 bits per heavy atom. The van der Waals surface area contributed by atoms with Gasteiger partial charge in [-0.3, -0.25) is 4.79 Å². The van der Waals surface area contributed by atoms with Crippen LogP contribution >= 0.6 is 0 Å². The molecular formula is C17H19N3O3. The maximum Gasteiger partial charge on any atom is 0.273 e. The van der Waals surface area contributed by atoms with Crippen LogP contribution in [0.15, 0.2) is 47.6 Å². The predicted molar refractivity (Wildman–Crippen MR) is 90.1 cm³/mol. The van der Waals surface area contributed by atoms with E-state index in [2.05, 4.69) is 10.5 Å². The van der Waals surface area contributed by atoms with E-state index in [0.717, 1.165) is 5.56 Å². The number of nitrogens with one attached hydrogen (secondary N) is 1. The number of nitrogens with two attached hydrogens (primary N) is 1. The lowest BCUT2D eigenvalue weighted by Gasteiger charge is -2.10. The first kappa shape index (κ1) is 16.4. The number of hydrogen-bond acceptors (Lipinski definition) is 5. The number of hydrazone groups is 1. The fourth-order valence-corrected chi connectivity index (χ4v) is 2.06. The number of benzene rings is 2. The maximum atomic E-state index is 12.1. The Bertz CT molecular complexity index is 742. The van der Waals surface area contributed by atoms with Crippen molar-refractivity contribution in [3.8, 4) is 11.5 Å². The average Bonchev–Trinajstić information content (AvgIpc) is 2.59. The van der Waals surface area contributed by atoms with Crippen molar-refractivity contribution in [2.45, 2.75) is 6.92 Å². The zero-order valence-corrected chi connectivity index (χ0v) is 13.3. The largest absolute Gasteiger partial charge is 0.497 e. The van der Waals surface area contributed by atoms with Crippen LogP contribution < -0.4 is 20.6 Å². The number of carbonyl (C=O) groups excluding carboxylic acids is 1. The smallest absolute Gasteiger partial charge is 0.273 e. The molecule has 2 aromatic rings. The van der Waals surface area contributed by atoms with Crippen molar-refractivity contribution < 1.29 is 14.3 Å². The summed E-state index contributed by atoms with van der Waals surface area (Å²) < 4.78 is 10.5. The van der Waals surface area contributed by atoms with Crippen molar-refractivity contribution in [1.29, 1.82) is 0 Å². The Hall–Kier alpha value is -3.02. The van der Waals surface area contributed by atoms with Gasteiger partial charge in [0.15, 0.2) is 0 Å². The number of nitrogens with zero attached hydrogens (tertiary/aromatic N) is 1. The summed E-state index contributed by atoms with van der Waals surface area (Å²) in [6.45, 7) is 1.78. The average molecular weight is 313 g/mol. The third kappa shape index (κ3) is 3.79. The molecule has 0 saturated carbocycles. The van der Waals surface area contributed by atoms with Gasteiger partial charge in [0.25, 0.3) is 5.91 Å². The lowest BCUT2D eigenvalue weighted by atomic mass is 10.1. The molecule has 2 rings (SSSR count). The molecular weight excluding hydrogens is 294 g/mol. The van der Waals surface area contributed by atoms with Crippen LogP contribution in [-0.4, -0.2) is 25.8 Å². The van der Waals surface area contributed by atoms with Crippen LogP contribution in [0.5, 0.6) is 11.5 Å². The molecule has 0 fully saturated rings. The summed E-state index contributed by atoms with van der Waals surface area (Å²) in [6, 6.07) is 12.2. The second-order valence-corrected chi connectivity index (χ2v) is 4.79. The van der Waals surface area contributed by atoms with Gasteiger partial charge in [-0.1, -0.05) is 12.1 Å². The van der Waals surface area contributed by atoms with E-state index in [9.17, 15) is 4.79 Å². The lowest BCUT2D eigenvalue weighted by Crippen LogP contribution is -2.20. The summed E-state index contributed by atoms with van der Waals surface area (Å²) in [4.78, 5) is 12.1. The van der Waals surface area contributed by atoms with E-state index in [0.29, 0.717) is 28.5 Å². The fraction of sp³-hybridized carbons (Fsp3) is 0.176. The fourth-order valence-electron chi connectivity index (χ4n) is 2.06. The highest BCUT2D eigenvalue weighted by Gasteiger charge is 2.10. The van der Waals surface area contributed by atoms with Crippen LogP contribution in [0.4, 0.5) is 5.69 Å². The van der Waals surface area contributed by atoms with Gasteiger partial charge in [-0.05, 0) is 31.2 Å². The molecule has 120 valence electrons. The Balaban J connectivity index is 2.20. The molecule has 0 aliphatic carbocycles. The van der Waals surface area contributed by atoms with Crippen LogP contribution in [0.3, 0.4) is 0 Å². The van der Waals surface area contributed by atoms with Crippen LogP contribution in [-0.2, 0) is 0 Å². The molecule has 0 heterocycles. The Morgan fingerprint density at radius 1 is 1.09 bits per heavy atom. The third-order valence-electron chi connectivity index (χ3n) is 3.33. The quantitative estimate of drug-likeness (QED) is 0.504. The van der Waals surface area contributed by atoms with E-state index >= 15 is 0 Å². The molecule has 0 aliphatic heterocycles. The van der Waals surface area contributed by atoms with E-state index in [4.69, 9.17) is 15.2 Å². The van der Waals surface area contributed by atoms with Crippen LogP contribution in [0.1, 0.15) is 22.8 Å². The number of carbonyl (C=O) groups is 1. The zero-order valence-electron chi connectivity index (χ0n) is 13.3. The van der Waals surface area contributed by atoms with Gasteiger partial charge in [0, 0.05) is 17.3 Å². The SMILES string of the molecule is COc1ccc(/C(C)=N\NC(=O)c2ccccc2N)c(OC)c1. The molecule has 0 spiro atoms. The molecule has 0 aliphatic rings. The first-order valence-corrected chi connectivity index (χ1v) is 6.98. The van der Waals surface area contributed by atoms with Gasteiger partial charge in [0.2, 0.25) is 0 Å². The molecule has 23 heavy (non-hydrogen) atoms. The first-order valence-electron chi connectivity index (χ1n) is 6.98. The molecule has 2 aromatic carbocycles. The van der Waals surface area contributed by atoms with Gasteiger partial charge in [0.05, 0.1) is 25.5 Å². The first-order chi connectivity index (χ1) is 11.1. The van der Waals surface area contributed by atoms with Crippen molar-refractivity contribution in [2.24, 2.45) is 5.10 Å².